The zero-order valence-electron chi connectivity index (χ0n) is 23.8. The van der Waals surface area contributed by atoms with Gasteiger partial charge in [-0.3, -0.25) is 0 Å². The van der Waals surface area contributed by atoms with Crippen molar-refractivity contribution in [1.82, 2.24) is 4.90 Å². The van der Waals surface area contributed by atoms with E-state index >= 15 is 0 Å². The van der Waals surface area contributed by atoms with E-state index in [1.165, 1.54) is 81.3 Å². The Morgan fingerprint density at radius 1 is 0.949 bits per heavy atom. The van der Waals surface area contributed by atoms with Gasteiger partial charge in [0.1, 0.15) is 11.5 Å². The summed E-state index contributed by atoms with van der Waals surface area (Å²) in [7, 11) is 0. The molecular formula is C35H47NO3. The van der Waals surface area contributed by atoms with Gasteiger partial charge >= 0.3 is 0 Å². The Hall–Kier alpha value is -2.04. The molecule has 4 nitrogen and oxygen atoms in total. The molecule has 2 bridgehead atoms. The lowest BCUT2D eigenvalue weighted by Gasteiger charge is -2.59. The Bertz CT molecular complexity index is 1180. The quantitative estimate of drug-likeness (QED) is 0.356. The zero-order valence-corrected chi connectivity index (χ0v) is 23.8. The van der Waals surface area contributed by atoms with Gasteiger partial charge in [-0.15, -0.1) is 0 Å². The summed E-state index contributed by atoms with van der Waals surface area (Å²) in [6.45, 7) is 7.05. The summed E-state index contributed by atoms with van der Waals surface area (Å²) in [5, 5.41) is 22.1. The summed E-state index contributed by atoms with van der Waals surface area (Å²) in [5.41, 5.74) is 3.87. The molecule has 2 N–H and O–H groups in total. The number of fused-ring (bicyclic) bond motifs is 3. The third-order valence-electron chi connectivity index (χ3n) is 12.4. The minimum absolute atomic E-state index is 0.0233. The molecule has 0 spiro atoms. The van der Waals surface area contributed by atoms with Crippen LogP contribution in [0, 0.1) is 16.7 Å². The Balaban J connectivity index is 1.09. The molecule has 2 aromatic rings. The van der Waals surface area contributed by atoms with Crippen LogP contribution in [0.15, 0.2) is 42.5 Å². The van der Waals surface area contributed by atoms with Gasteiger partial charge in [0.05, 0.1) is 12.2 Å². The van der Waals surface area contributed by atoms with Crippen LogP contribution in [0.3, 0.4) is 0 Å². The molecule has 4 atom stereocenters. The van der Waals surface area contributed by atoms with Crippen LogP contribution in [0.2, 0.25) is 0 Å². The number of hydrogen-bond donors (Lipinski definition) is 2. The molecule has 2 aromatic carbocycles. The van der Waals surface area contributed by atoms with Gasteiger partial charge in [-0.05, 0) is 161 Å². The summed E-state index contributed by atoms with van der Waals surface area (Å²) in [6.07, 6.45) is 13.9. The van der Waals surface area contributed by atoms with Crippen molar-refractivity contribution in [3.05, 3.63) is 59.2 Å². The predicted molar refractivity (Wildman–Crippen MR) is 155 cm³/mol. The van der Waals surface area contributed by atoms with Crippen molar-refractivity contribution in [2.45, 2.75) is 101 Å². The fourth-order valence-electron chi connectivity index (χ4n) is 10.3. The van der Waals surface area contributed by atoms with Crippen molar-refractivity contribution >= 4 is 0 Å². The van der Waals surface area contributed by atoms with Crippen LogP contribution in [0.4, 0.5) is 0 Å². The molecule has 39 heavy (non-hydrogen) atoms. The molecule has 7 rings (SSSR count). The van der Waals surface area contributed by atoms with E-state index in [-0.39, 0.29) is 10.8 Å². The second kappa shape index (κ2) is 9.80. The number of ether oxygens (including phenoxy) is 1. The molecule has 5 aliphatic rings. The molecule has 4 aliphatic carbocycles. The fourth-order valence-corrected chi connectivity index (χ4v) is 10.3. The number of phenols is 1. The van der Waals surface area contributed by atoms with Crippen LogP contribution in [0.5, 0.6) is 11.5 Å². The van der Waals surface area contributed by atoms with Crippen LogP contribution in [-0.4, -0.2) is 47.0 Å². The lowest BCUT2D eigenvalue weighted by molar-refractivity contribution is -0.108. The van der Waals surface area contributed by atoms with Crippen molar-refractivity contribution in [1.29, 1.82) is 0 Å². The summed E-state index contributed by atoms with van der Waals surface area (Å²) in [6, 6.07) is 15.1. The molecule has 4 fully saturated rings. The van der Waals surface area contributed by atoms with Gasteiger partial charge in [-0.25, -0.2) is 0 Å². The van der Waals surface area contributed by atoms with Crippen LogP contribution in [-0.2, 0) is 6.42 Å². The minimum Gasteiger partial charge on any atom is -0.508 e. The van der Waals surface area contributed by atoms with E-state index in [0.717, 1.165) is 44.5 Å². The molecule has 3 saturated carbocycles. The number of aliphatic hydroxyl groups is 1. The monoisotopic (exact) mass is 529 g/mol. The van der Waals surface area contributed by atoms with E-state index in [0.29, 0.717) is 23.5 Å². The van der Waals surface area contributed by atoms with Gasteiger partial charge in [0.15, 0.2) is 0 Å². The van der Waals surface area contributed by atoms with E-state index in [1.807, 2.05) is 12.1 Å². The smallest absolute Gasteiger partial charge is 0.119 e. The Kier molecular flexibility index (Phi) is 6.51. The predicted octanol–water partition coefficient (Wildman–Crippen LogP) is 7.18. The third kappa shape index (κ3) is 4.07. The van der Waals surface area contributed by atoms with Crippen molar-refractivity contribution in [3.8, 4) is 11.5 Å². The van der Waals surface area contributed by atoms with Crippen molar-refractivity contribution in [2.75, 3.05) is 26.2 Å². The summed E-state index contributed by atoms with van der Waals surface area (Å²) in [4.78, 5) is 2.60. The number of likely N-dealkylation sites (tertiary alicyclic amines) is 1. The summed E-state index contributed by atoms with van der Waals surface area (Å²) < 4.78 is 6.16. The third-order valence-corrected chi connectivity index (χ3v) is 12.4. The maximum absolute atomic E-state index is 11.9. The maximum atomic E-state index is 11.9. The number of unbranched alkanes of at least 4 members (excludes halogenated alkanes) is 2. The minimum atomic E-state index is -0.511. The van der Waals surface area contributed by atoms with E-state index in [9.17, 15) is 10.2 Å². The molecule has 1 heterocycles. The number of rotatable bonds is 8. The first-order valence-electron chi connectivity index (χ1n) is 15.9. The second-order valence-electron chi connectivity index (χ2n) is 13.9. The first-order chi connectivity index (χ1) is 18.9. The van der Waals surface area contributed by atoms with Gasteiger partial charge < -0.3 is 19.8 Å². The van der Waals surface area contributed by atoms with E-state index in [4.69, 9.17) is 4.74 Å². The molecule has 1 saturated heterocycles. The topological polar surface area (TPSA) is 52.9 Å². The molecule has 0 amide bonds. The first-order valence-corrected chi connectivity index (χ1v) is 15.9. The largest absolute Gasteiger partial charge is 0.508 e. The number of benzene rings is 2. The highest BCUT2D eigenvalue weighted by molar-refractivity contribution is 5.45. The zero-order chi connectivity index (χ0) is 26.7. The molecular weight excluding hydrogens is 482 g/mol. The molecule has 210 valence electrons. The van der Waals surface area contributed by atoms with Crippen LogP contribution < -0.4 is 4.74 Å². The Morgan fingerprint density at radius 3 is 2.49 bits per heavy atom. The highest BCUT2D eigenvalue weighted by atomic mass is 16.5. The molecule has 0 aromatic heterocycles. The highest BCUT2D eigenvalue weighted by Gasteiger charge is 2.74. The SMILES string of the molecule is C[C@]12C[C@H](c3ccc(OCCCCCN4CCCC4)cc3)[C@@H]3c4ccc(O)cc4CC[C@H]3C13CCC2(O)CC3. The number of phenolic OH excluding ortho intramolecular Hbond substituents is 1. The van der Waals surface area contributed by atoms with Gasteiger partial charge in [0, 0.05) is 5.41 Å². The van der Waals surface area contributed by atoms with E-state index < -0.39 is 5.60 Å². The van der Waals surface area contributed by atoms with Crippen molar-refractivity contribution < 1.29 is 14.9 Å². The Labute approximate surface area is 234 Å². The van der Waals surface area contributed by atoms with Crippen LogP contribution >= 0.6 is 0 Å². The highest BCUT2D eigenvalue weighted by Crippen LogP contribution is 2.79. The van der Waals surface area contributed by atoms with E-state index in [1.54, 1.807) is 0 Å². The van der Waals surface area contributed by atoms with E-state index in [2.05, 4.69) is 42.2 Å². The molecule has 4 heteroatoms. The normalized spacial score (nSPS) is 36.9. The lowest BCUT2D eigenvalue weighted by Crippen LogP contribution is -2.54. The number of nitrogens with zero attached hydrogens (tertiary/aromatic N) is 1. The maximum Gasteiger partial charge on any atom is 0.119 e. The van der Waals surface area contributed by atoms with Crippen LogP contribution in [0.1, 0.15) is 106 Å². The average Bonchev–Trinajstić information content (AvgIpc) is 3.60. The summed E-state index contributed by atoms with van der Waals surface area (Å²) >= 11 is 0. The second-order valence-corrected chi connectivity index (χ2v) is 13.9. The fraction of sp³-hybridized carbons (Fsp3) is 0.657. The Morgan fingerprint density at radius 2 is 1.72 bits per heavy atom. The number of aromatic hydroxyl groups is 1. The first kappa shape index (κ1) is 25.9. The molecule has 1 aliphatic heterocycles. The molecule has 0 unspecified atom stereocenters. The van der Waals surface area contributed by atoms with Gasteiger partial charge in [0.2, 0.25) is 0 Å². The van der Waals surface area contributed by atoms with Gasteiger partial charge in [-0.1, -0.05) is 25.1 Å². The lowest BCUT2D eigenvalue weighted by atomic mass is 9.45. The standard InChI is InChI=1S/C35H47NO3/c1-33-24-30(25-7-11-28(12-8-25)39-22-6-2-3-19-36-20-4-5-21-36)32-29-13-10-27(37)23-26(29)9-14-31(32)34(33)15-17-35(33,38)18-16-34/h7-8,10-13,23,30-32,37-38H,2-6,9,14-22,24H2,1H3/t30-,31-,32+,33+,34?,35?/m1/s1. The average molecular weight is 530 g/mol. The van der Waals surface area contributed by atoms with Crippen molar-refractivity contribution in [2.24, 2.45) is 16.7 Å². The molecule has 0 radical (unpaired) electrons. The number of aryl methyl sites for hydroxylation is 1. The van der Waals surface area contributed by atoms with Crippen molar-refractivity contribution in [3.63, 3.8) is 0 Å². The van der Waals surface area contributed by atoms with Gasteiger partial charge in [0.25, 0.3) is 0 Å². The summed E-state index contributed by atoms with van der Waals surface area (Å²) in [5.74, 6) is 2.77. The van der Waals surface area contributed by atoms with Gasteiger partial charge in [-0.2, -0.15) is 0 Å². The van der Waals surface area contributed by atoms with Crippen LogP contribution in [0.25, 0.3) is 0 Å². The number of hydrogen-bond acceptors (Lipinski definition) is 4.